The Kier molecular flexibility index (Phi) is 4.75. The minimum atomic E-state index is -0.0223. The lowest BCUT2D eigenvalue weighted by atomic mass is 10.1. The highest BCUT2D eigenvalue weighted by atomic mass is 16.5. The smallest absolute Gasteiger partial charge is 0.213 e. The Morgan fingerprint density at radius 1 is 1.11 bits per heavy atom. The number of aromatic nitrogens is 1. The van der Waals surface area contributed by atoms with Crippen LogP contribution in [0.5, 0.6) is 11.6 Å². The Morgan fingerprint density at radius 3 is 2.58 bits per heavy atom. The molecule has 1 aromatic heterocycles. The molecule has 0 aliphatic carbocycles. The van der Waals surface area contributed by atoms with E-state index in [1.807, 2.05) is 49.4 Å². The van der Waals surface area contributed by atoms with Gasteiger partial charge in [0.2, 0.25) is 5.88 Å². The van der Waals surface area contributed by atoms with E-state index in [2.05, 4.69) is 4.98 Å². The van der Waals surface area contributed by atoms with Gasteiger partial charge in [0.15, 0.2) is 0 Å². The molecule has 0 spiro atoms. The quantitative estimate of drug-likeness (QED) is 0.809. The molecule has 2 aromatic rings. The maximum atomic E-state index is 5.81. The Labute approximate surface area is 113 Å². The van der Waals surface area contributed by atoms with Crippen LogP contribution in [0.25, 0.3) is 0 Å². The largest absolute Gasteiger partial charge is 0.490 e. The lowest BCUT2D eigenvalue weighted by molar-refractivity contribution is 0.212. The highest BCUT2D eigenvalue weighted by Crippen LogP contribution is 2.14. The fraction of sp³-hybridized carbons (Fsp3) is 0.267. The van der Waals surface area contributed by atoms with Gasteiger partial charge in [0, 0.05) is 18.3 Å². The van der Waals surface area contributed by atoms with Crippen LogP contribution in [0.4, 0.5) is 0 Å². The average molecular weight is 258 g/mol. The first kappa shape index (κ1) is 13.4. The van der Waals surface area contributed by atoms with E-state index in [4.69, 9.17) is 15.2 Å². The maximum Gasteiger partial charge on any atom is 0.213 e. The van der Waals surface area contributed by atoms with Crippen molar-refractivity contribution in [2.75, 3.05) is 13.2 Å². The second kappa shape index (κ2) is 6.75. The monoisotopic (exact) mass is 258 g/mol. The minimum absolute atomic E-state index is 0.0223. The molecule has 2 rings (SSSR count). The molecule has 4 heteroatoms. The number of hydrogen-bond acceptors (Lipinski definition) is 4. The van der Waals surface area contributed by atoms with Gasteiger partial charge in [-0.3, -0.25) is 0 Å². The van der Waals surface area contributed by atoms with E-state index < -0.39 is 0 Å². The number of pyridine rings is 1. The molecule has 1 atom stereocenters. The second-order valence-corrected chi connectivity index (χ2v) is 4.23. The predicted molar refractivity (Wildman–Crippen MR) is 74.3 cm³/mol. The summed E-state index contributed by atoms with van der Waals surface area (Å²) in [6.45, 7) is 2.86. The van der Waals surface area contributed by atoms with Crippen LogP contribution in [0.3, 0.4) is 0 Å². The Bertz CT molecular complexity index is 501. The molecule has 1 aromatic carbocycles. The molecular formula is C15H18N2O2. The fourth-order valence-electron chi connectivity index (χ4n) is 1.61. The van der Waals surface area contributed by atoms with Crippen molar-refractivity contribution in [3.8, 4) is 11.6 Å². The molecule has 0 saturated carbocycles. The van der Waals surface area contributed by atoms with Crippen LogP contribution in [-0.2, 0) is 0 Å². The second-order valence-electron chi connectivity index (χ2n) is 4.23. The summed E-state index contributed by atoms with van der Waals surface area (Å²) in [6, 6.07) is 13.4. The summed E-state index contributed by atoms with van der Waals surface area (Å²) < 4.78 is 11.1. The number of rotatable bonds is 6. The van der Waals surface area contributed by atoms with Crippen molar-refractivity contribution in [2.45, 2.75) is 13.0 Å². The standard InChI is InChI=1S/C15H18N2O2/c1-12(16)13-7-8-17-15(11-13)19-10-9-18-14-5-3-2-4-6-14/h2-8,11-12H,9-10,16H2,1H3/t12-/m0/s1. The van der Waals surface area contributed by atoms with Crippen LogP contribution in [0.15, 0.2) is 48.7 Å². The molecule has 100 valence electrons. The van der Waals surface area contributed by atoms with Crippen molar-refractivity contribution < 1.29 is 9.47 Å². The van der Waals surface area contributed by atoms with E-state index in [0.717, 1.165) is 11.3 Å². The van der Waals surface area contributed by atoms with Crippen LogP contribution in [0.2, 0.25) is 0 Å². The SMILES string of the molecule is C[C@H](N)c1ccnc(OCCOc2ccccc2)c1. The van der Waals surface area contributed by atoms with E-state index in [1.54, 1.807) is 6.20 Å². The van der Waals surface area contributed by atoms with Gasteiger partial charge in [-0.1, -0.05) is 18.2 Å². The molecule has 0 unspecified atom stereocenters. The first-order chi connectivity index (χ1) is 9.25. The molecule has 0 aliphatic heterocycles. The van der Waals surface area contributed by atoms with Gasteiger partial charge in [0.05, 0.1) is 0 Å². The van der Waals surface area contributed by atoms with E-state index >= 15 is 0 Å². The van der Waals surface area contributed by atoms with Gasteiger partial charge < -0.3 is 15.2 Å². The number of hydrogen-bond donors (Lipinski definition) is 1. The molecule has 4 nitrogen and oxygen atoms in total. The zero-order chi connectivity index (χ0) is 13.5. The molecule has 1 heterocycles. The van der Waals surface area contributed by atoms with Crippen LogP contribution < -0.4 is 15.2 Å². The topological polar surface area (TPSA) is 57.4 Å². The number of para-hydroxylation sites is 1. The van der Waals surface area contributed by atoms with Gasteiger partial charge in [0.25, 0.3) is 0 Å². The molecule has 19 heavy (non-hydrogen) atoms. The summed E-state index contributed by atoms with van der Waals surface area (Å²) in [5.74, 6) is 1.41. The van der Waals surface area contributed by atoms with Crippen LogP contribution in [0.1, 0.15) is 18.5 Å². The number of nitrogens with zero attached hydrogens (tertiary/aromatic N) is 1. The summed E-state index contributed by atoms with van der Waals surface area (Å²) in [5, 5.41) is 0. The summed E-state index contributed by atoms with van der Waals surface area (Å²) in [6.07, 6.45) is 1.70. The lowest BCUT2D eigenvalue weighted by Crippen LogP contribution is -2.10. The van der Waals surface area contributed by atoms with E-state index in [0.29, 0.717) is 19.1 Å². The highest BCUT2D eigenvalue weighted by Gasteiger charge is 2.02. The van der Waals surface area contributed by atoms with Crippen molar-refractivity contribution >= 4 is 0 Å². The summed E-state index contributed by atoms with van der Waals surface area (Å²) in [5.41, 5.74) is 6.81. The fourth-order valence-corrected chi connectivity index (χ4v) is 1.61. The average Bonchev–Trinajstić information content (AvgIpc) is 2.45. The molecule has 0 fully saturated rings. The molecule has 0 bridgehead atoms. The van der Waals surface area contributed by atoms with Gasteiger partial charge in [-0.15, -0.1) is 0 Å². The minimum Gasteiger partial charge on any atom is -0.490 e. The summed E-state index contributed by atoms with van der Waals surface area (Å²) in [4.78, 5) is 4.13. The third kappa shape index (κ3) is 4.26. The Balaban J connectivity index is 1.78. The zero-order valence-electron chi connectivity index (χ0n) is 11.0. The van der Waals surface area contributed by atoms with Crippen LogP contribution in [0, 0.1) is 0 Å². The highest BCUT2D eigenvalue weighted by molar-refractivity contribution is 5.23. The normalized spacial score (nSPS) is 11.9. The van der Waals surface area contributed by atoms with Gasteiger partial charge >= 0.3 is 0 Å². The van der Waals surface area contributed by atoms with Crippen LogP contribution in [-0.4, -0.2) is 18.2 Å². The van der Waals surface area contributed by atoms with Crippen molar-refractivity contribution in [1.29, 1.82) is 0 Å². The van der Waals surface area contributed by atoms with E-state index in [-0.39, 0.29) is 6.04 Å². The third-order valence-corrected chi connectivity index (χ3v) is 2.63. The molecule has 0 saturated heterocycles. The molecule has 0 amide bonds. The number of benzene rings is 1. The lowest BCUT2D eigenvalue weighted by Gasteiger charge is -2.09. The molecule has 2 N–H and O–H groups in total. The van der Waals surface area contributed by atoms with Gasteiger partial charge in [-0.05, 0) is 30.7 Å². The first-order valence-corrected chi connectivity index (χ1v) is 6.28. The van der Waals surface area contributed by atoms with Crippen molar-refractivity contribution in [3.05, 3.63) is 54.2 Å². The van der Waals surface area contributed by atoms with E-state index in [1.165, 1.54) is 0 Å². The molecular weight excluding hydrogens is 240 g/mol. The van der Waals surface area contributed by atoms with Gasteiger partial charge in [-0.25, -0.2) is 4.98 Å². The van der Waals surface area contributed by atoms with E-state index in [9.17, 15) is 0 Å². The molecule has 0 radical (unpaired) electrons. The van der Waals surface area contributed by atoms with Crippen molar-refractivity contribution in [1.82, 2.24) is 4.98 Å². The van der Waals surface area contributed by atoms with Crippen molar-refractivity contribution in [2.24, 2.45) is 5.73 Å². The Morgan fingerprint density at radius 2 is 1.84 bits per heavy atom. The third-order valence-electron chi connectivity index (χ3n) is 2.63. The molecule has 0 aliphatic rings. The maximum absolute atomic E-state index is 5.81. The van der Waals surface area contributed by atoms with Crippen molar-refractivity contribution in [3.63, 3.8) is 0 Å². The predicted octanol–water partition coefficient (Wildman–Crippen LogP) is 2.56. The zero-order valence-corrected chi connectivity index (χ0v) is 11.0. The summed E-state index contributed by atoms with van der Waals surface area (Å²) in [7, 11) is 0. The number of ether oxygens (including phenoxy) is 2. The van der Waals surface area contributed by atoms with Gasteiger partial charge in [0.1, 0.15) is 19.0 Å². The van der Waals surface area contributed by atoms with Crippen LogP contribution >= 0.6 is 0 Å². The van der Waals surface area contributed by atoms with Gasteiger partial charge in [-0.2, -0.15) is 0 Å². The summed E-state index contributed by atoms with van der Waals surface area (Å²) >= 11 is 0. The Hall–Kier alpha value is -2.07. The number of nitrogens with two attached hydrogens (primary N) is 1. The first-order valence-electron chi connectivity index (χ1n) is 6.28.